The molecule has 3 aromatic heterocycles. The first-order valence-electron chi connectivity index (χ1n) is 8.59. The molecule has 0 N–H and O–H groups in total. The first kappa shape index (κ1) is 17.4. The molecule has 4 rings (SSSR count). The highest BCUT2D eigenvalue weighted by Crippen LogP contribution is 2.30. The zero-order valence-corrected chi connectivity index (χ0v) is 16.0. The fourth-order valence-corrected chi connectivity index (χ4v) is 3.01. The van der Waals surface area contributed by atoms with Crippen molar-refractivity contribution in [1.82, 2.24) is 19.9 Å². The van der Waals surface area contributed by atoms with E-state index in [-0.39, 0.29) is 0 Å². The predicted molar refractivity (Wildman–Crippen MR) is 96.9 cm³/mol. The van der Waals surface area contributed by atoms with Crippen molar-refractivity contribution in [2.45, 2.75) is 19.9 Å². The summed E-state index contributed by atoms with van der Waals surface area (Å²) in [5, 5.41) is 0. The molecule has 0 aromatic carbocycles. The van der Waals surface area contributed by atoms with E-state index in [9.17, 15) is 0 Å². The molecule has 1 aliphatic heterocycles. The van der Waals surface area contributed by atoms with Crippen molar-refractivity contribution in [2.75, 3.05) is 32.9 Å². The molecule has 0 amide bonds. The third-order valence-corrected chi connectivity index (χ3v) is 4.39. The Morgan fingerprint density at radius 2 is 2.00 bits per heavy atom. The number of hydrogen-bond acceptors (Lipinski definition) is 8. The van der Waals surface area contributed by atoms with E-state index in [2.05, 4.69) is 35.8 Å². The van der Waals surface area contributed by atoms with Crippen molar-refractivity contribution in [3.05, 3.63) is 22.6 Å². The van der Waals surface area contributed by atoms with Gasteiger partial charge in [-0.3, -0.25) is 4.90 Å². The molecule has 4 heterocycles. The van der Waals surface area contributed by atoms with E-state index >= 15 is 0 Å². The molecule has 0 aliphatic carbocycles. The molecule has 26 heavy (non-hydrogen) atoms. The maximum Gasteiger partial charge on any atom is 0.265 e. The van der Waals surface area contributed by atoms with Crippen molar-refractivity contribution in [2.24, 2.45) is 0 Å². The number of oxazole rings is 1. The number of fused-ring (bicyclic) bond motifs is 1. The van der Waals surface area contributed by atoms with Gasteiger partial charge >= 0.3 is 0 Å². The summed E-state index contributed by atoms with van der Waals surface area (Å²) in [6.07, 6.45) is 0.875. The van der Waals surface area contributed by atoms with Crippen LogP contribution >= 0.6 is 15.9 Å². The fourth-order valence-electron chi connectivity index (χ4n) is 2.70. The van der Waals surface area contributed by atoms with Crippen molar-refractivity contribution < 1.29 is 18.3 Å². The topological polar surface area (TPSA) is 86.7 Å². The Balaban J connectivity index is 1.69. The number of hydrogen-bond donors (Lipinski definition) is 0. The number of ether oxygens (including phenoxy) is 2. The highest BCUT2D eigenvalue weighted by atomic mass is 79.9. The van der Waals surface area contributed by atoms with Gasteiger partial charge in [0.15, 0.2) is 21.8 Å². The molecule has 1 aliphatic rings. The number of nitrogens with zero attached hydrogens (tertiary/aromatic N) is 4. The molecular weight excluding hydrogens is 404 g/mol. The first-order chi connectivity index (χ1) is 12.7. The smallest absolute Gasteiger partial charge is 0.265 e. The molecule has 8 nitrogen and oxygen atoms in total. The molecule has 0 bridgehead atoms. The van der Waals surface area contributed by atoms with Gasteiger partial charge in [0.25, 0.3) is 11.6 Å². The Kier molecular flexibility index (Phi) is 5.18. The predicted octanol–water partition coefficient (Wildman–Crippen LogP) is 3.26. The molecule has 0 saturated carbocycles. The summed E-state index contributed by atoms with van der Waals surface area (Å²) in [6, 6.07) is 3.57. The van der Waals surface area contributed by atoms with Crippen LogP contribution in [0.5, 0.6) is 5.88 Å². The highest BCUT2D eigenvalue weighted by Gasteiger charge is 2.20. The Labute approximate surface area is 158 Å². The summed E-state index contributed by atoms with van der Waals surface area (Å²) >= 11 is 3.28. The molecular formula is C17H19BrN4O4. The molecule has 0 spiro atoms. The molecule has 1 fully saturated rings. The van der Waals surface area contributed by atoms with Crippen molar-refractivity contribution in [3.63, 3.8) is 0 Å². The zero-order valence-electron chi connectivity index (χ0n) is 14.4. The average Bonchev–Trinajstić information content (AvgIpc) is 3.26. The minimum Gasteiger partial charge on any atom is -0.476 e. The summed E-state index contributed by atoms with van der Waals surface area (Å²) in [7, 11) is 0. The Bertz CT molecular complexity index is 888. The van der Waals surface area contributed by atoms with Crippen LogP contribution in [-0.4, -0.2) is 52.8 Å². The second-order valence-corrected chi connectivity index (χ2v) is 6.74. The standard InChI is InChI=1S/C17H19BrN4O4/c1-2-7-24-16-14-17(26-15(21-14)11-3-4-12(18)25-11)20-13(19-16)10-22-5-8-23-9-6-22/h3-4H,2,5-10H2,1H3. The van der Waals surface area contributed by atoms with Crippen LogP contribution < -0.4 is 4.74 Å². The van der Waals surface area contributed by atoms with E-state index in [4.69, 9.17) is 18.3 Å². The first-order valence-corrected chi connectivity index (χ1v) is 9.38. The van der Waals surface area contributed by atoms with E-state index in [0.29, 0.717) is 52.4 Å². The van der Waals surface area contributed by atoms with Gasteiger partial charge in [0.1, 0.15) is 0 Å². The lowest BCUT2D eigenvalue weighted by atomic mass is 10.4. The summed E-state index contributed by atoms with van der Waals surface area (Å²) in [5.74, 6) is 1.96. The highest BCUT2D eigenvalue weighted by molar-refractivity contribution is 9.10. The molecule has 0 unspecified atom stereocenters. The Hall–Kier alpha value is -1.97. The lowest BCUT2D eigenvalue weighted by Crippen LogP contribution is -2.36. The quantitative estimate of drug-likeness (QED) is 0.597. The third-order valence-electron chi connectivity index (χ3n) is 3.97. The normalized spacial score (nSPS) is 15.6. The SMILES string of the molecule is CCCOc1nc(CN2CCOCC2)nc2oc(-c3ccc(Br)o3)nc12. The minimum absolute atomic E-state index is 0.352. The summed E-state index contributed by atoms with van der Waals surface area (Å²) in [4.78, 5) is 15.8. The third kappa shape index (κ3) is 3.74. The van der Waals surface area contributed by atoms with Gasteiger partial charge in [-0.2, -0.15) is 15.0 Å². The van der Waals surface area contributed by atoms with Crippen LogP contribution in [0, 0.1) is 0 Å². The van der Waals surface area contributed by atoms with Gasteiger partial charge < -0.3 is 18.3 Å². The minimum atomic E-state index is 0.352. The maximum absolute atomic E-state index is 5.82. The van der Waals surface area contributed by atoms with E-state index in [1.165, 1.54) is 0 Å². The maximum atomic E-state index is 5.82. The summed E-state index contributed by atoms with van der Waals surface area (Å²) < 4.78 is 23.1. The van der Waals surface area contributed by atoms with Crippen LogP contribution in [-0.2, 0) is 11.3 Å². The molecule has 138 valence electrons. The fraction of sp³-hybridized carbons (Fsp3) is 0.471. The number of furan rings is 1. The number of morpholine rings is 1. The van der Waals surface area contributed by atoms with Gasteiger partial charge in [0, 0.05) is 13.1 Å². The second kappa shape index (κ2) is 7.73. The van der Waals surface area contributed by atoms with Crippen LogP contribution in [0.4, 0.5) is 0 Å². The van der Waals surface area contributed by atoms with Crippen LogP contribution in [0.1, 0.15) is 19.2 Å². The Morgan fingerprint density at radius 1 is 1.15 bits per heavy atom. The monoisotopic (exact) mass is 422 g/mol. The van der Waals surface area contributed by atoms with E-state index in [1.54, 1.807) is 12.1 Å². The zero-order chi connectivity index (χ0) is 17.9. The average molecular weight is 423 g/mol. The molecule has 3 aromatic rings. The van der Waals surface area contributed by atoms with E-state index in [1.807, 2.05) is 6.92 Å². The second-order valence-electron chi connectivity index (χ2n) is 5.96. The van der Waals surface area contributed by atoms with Crippen LogP contribution in [0.3, 0.4) is 0 Å². The van der Waals surface area contributed by atoms with Crippen molar-refractivity contribution in [3.8, 4) is 17.5 Å². The molecule has 0 radical (unpaired) electrons. The summed E-state index contributed by atoms with van der Waals surface area (Å²) in [5.41, 5.74) is 0.906. The van der Waals surface area contributed by atoms with Crippen molar-refractivity contribution in [1.29, 1.82) is 0 Å². The van der Waals surface area contributed by atoms with Gasteiger partial charge in [-0.25, -0.2) is 0 Å². The lowest BCUT2D eigenvalue weighted by molar-refractivity contribution is 0.0330. The van der Waals surface area contributed by atoms with Gasteiger partial charge in [-0.15, -0.1) is 0 Å². The van der Waals surface area contributed by atoms with Gasteiger partial charge in [-0.1, -0.05) is 6.92 Å². The van der Waals surface area contributed by atoms with Gasteiger partial charge in [-0.05, 0) is 34.5 Å². The number of aromatic nitrogens is 3. The van der Waals surface area contributed by atoms with Crippen LogP contribution in [0.25, 0.3) is 22.9 Å². The summed E-state index contributed by atoms with van der Waals surface area (Å²) in [6.45, 7) is 6.37. The van der Waals surface area contributed by atoms with Crippen molar-refractivity contribution >= 4 is 27.2 Å². The number of rotatable bonds is 6. The Morgan fingerprint density at radius 3 is 2.73 bits per heavy atom. The van der Waals surface area contributed by atoms with Crippen LogP contribution in [0.2, 0.25) is 0 Å². The largest absolute Gasteiger partial charge is 0.476 e. The molecule has 9 heteroatoms. The van der Waals surface area contributed by atoms with E-state index < -0.39 is 0 Å². The lowest BCUT2D eigenvalue weighted by Gasteiger charge is -2.25. The number of halogens is 1. The van der Waals surface area contributed by atoms with E-state index in [0.717, 1.165) is 32.7 Å². The van der Waals surface area contributed by atoms with Gasteiger partial charge in [0.2, 0.25) is 5.88 Å². The van der Waals surface area contributed by atoms with Crippen LogP contribution in [0.15, 0.2) is 25.6 Å². The van der Waals surface area contributed by atoms with Gasteiger partial charge in [0.05, 0.1) is 26.4 Å². The molecule has 0 atom stereocenters. The molecule has 1 saturated heterocycles.